The van der Waals surface area contributed by atoms with Gasteiger partial charge in [0.2, 0.25) is 5.69 Å². The molecule has 1 aliphatic rings. The third-order valence-corrected chi connectivity index (χ3v) is 6.60. The van der Waals surface area contributed by atoms with E-state index in [1.807, 2.05) is 32.3 Å². The molecule has 3 heterocycles. The number of carbonyl (C=O) groups excluding carboxylic acids is 1. The summed E-state index contributed by atoms with van der Waals surface area (Å²) in [6.07, 6.45) is 3.55. The van der Waals surface area contributed by atoms with Gasteiger partial charge >= 0.3 is 0 Å². The number of imidazole rings is 1. The van der Waals surface area contributed by atoms with E-state index >= 15 is 0 Å². The van der Waals surface area contributed by atoms with Crippen molar-refractivity contribution in [2.24, 2.45) is 12.8 Å². The van der Waals surface area contributed by atoms with Crippen LogP contribution in [0.25, 0.3) is 32.8 Å². The van der Waals surface area contributed by atoms with Crippen LogP contribution >= 0.6 is 11.6 Å². The zero-order valence-electron chi connectivity index (χ0n) is 19.3. The van der Waals surface area contributed by atoms with Crippen molar-refractivity contribution in [1.29, 1.82) is 0 Å². The average Bonchev–Trinajstić information content (AvgIpc) is 3.38. The van der Waals surface area contributed by atoms with Crippen LogP contribution in [0.2, 0.25) is 5.15 Å². The number of hydrogen-bond acceptors (Lipinski definition) is 4. The van der Waals surface area contributed by atoms with Gasteiger partial charge in [-0.15, -0.1) is 0 Å². The molecule has 2 N–H and O–H groups in total. The molecule has 0 aliphatic carbocycles. The van der Waals surface area contributed by atoms with Crippen molar-refractivity contribution >= 4 is 34.1 Å². The van der Waals surface area contributed by atoms with Gasteiger partial charge in [0.05, 0.1) is 12.1 Å². The second kappa shape index (κ2) is 8.80. The normalized spacial score (nSPS) is 16.0. The number of carbonyl (C=O) groups is 1. The lowest BCUT2D eigenvalue weighted by Crippen LogP contribution is -2.45. The lowest BCUT2D eigenvalue weighted by atomic mass is 10.1. The molecule has 1 amide bonds. The van der Waals surface area contributed by atoms with Crippen LogP contribution in [0.15, 0.2) is 36.5 Å². The third-order valence-electron chi connectivity index (χ3n) is 6.25. The third kappa shape index (κ3) is 4.05. The molecule has 0 unspecified atom stereocenters. The topological polar surface area (TPSA) is 86.3 Å². The van der Waals surface area contributed by atoms with Gasteiger partial charge in [-0.1, -0.05) is 23.7 Å². The molecule has 1 fully saturated rings. The molecular formula is C25H23ClFN7O. The molecule has 0 bridgehead atoms. The molecular weight excluding hydrogens is 469 g/mol. The largest absolute Gasteiger partial charge is 0.336 e. The van der Waals surface area contributed by atoms with E-state index in [2.05, 4.69) is 14.9 Å². The van der Waals surface area contributed by atoms with Crippen LogP contribution < -0.4 is 5.73 Å². The van der Waals surface area contributed by atoms with E-state index in [1.54, 1.807) is 20.2 Å². The minimum atomic E-state index is -0.669. The Hall–Kier alpha value is -3.74. The van der Waals surface area contributed by atoms with Crippen molar-refractivity contribution in [2.45, 2.75) is 25.8 Å². The highest BCUT2D eigenvalue weighted by Gasteiger charge is 2.29. The van der Waals surface area contributed by atoms with Crippen molar-refractivity contribution < 1.29 is 9.18 Å². The van der Waals surface area contributed by atoms with Crippen molar-refractivity contribution in [1.82, 2.24) is 24.2 Å². The van der Waals surface area contributed by atoms with E-state index in [9.17, 15) is 9.18 Å². The first-order valence-electron chi connectivity index (χ1n) is 11.2. The smallest absolute Gasteiger partial charge is 0.275 e. The van der Waals surface area contributed by atoms with Gasteiger partial charge in [0.15, 0.2) is 5.69 Å². The number of fused-ring (bicyclic) bond motifs is 1. The Morgan fingerprint density at radius 1 is 1.31 bits per heavy atom. The zero-order chi connectivity index (χ0) is 24.9. The Balaban J connectivity index is 1.71. The summed E-state index contributed by atoms with van der Waals surface area (Å²) in [5, 5.41) is 5.51. The van der Waals surface area contributed by atoms with Crippen molar-refractivity contribution in [2.75, 3.05) is 13.1 Å². The van der Waals surface area contributed by atoms with Crippen LogP contribution in [-0.2, 0) is 7.05 Å². The van der Waals surface area contributed by atoms with Crippen molar-refractivity contribution in [3.63, 3.8) is 0 Å². The quantitative estimate of drug-likeness (QED) is 0.423. The van der Waals surface area contributed by atoms with E-state index in [4.69, 9.17) is 23.9 Å². The highest BCUT2D eigenvalue weighted by molar-refractivity contribution is 6.33. The predicted octanol–water partition coefficient (Wildman–Crippen LogP) is 4.64. The summed E-state index contributed by atoms with van der Waals surface area (Å²) in [6, 6.07) is 7.95. The number of piperidine rings is 1. The second-order valence-electron chi connectivity index (χ2n) is 8.84. The molecule has 10 heteroatoms. The molecule has 2 aromatic carbocycles. The first kappa shape index (κ1) is 23.0. The van der Waals surface area contributed by atoms with Crippen molar-refractivity contribution in [3.8, 4) is 17.1 Å². The highest BCUT2D eigenvalue weighted by Crippen LogP contribution is 2.34. The summed E-state index contributed by atoms with van der Waals surface area (Å²) < 4.78 is 17.9. The van der Waals surface area contributed by atoms with Crippen LogP contribution in [0.5, 0.6) is 0 Å². The Morgan fingerprint density at radius 3 is 2.83 bits per heavy atom. The van der Waals surface area contributed by atoms with Crippen molar-refractivity contribution in [3.05, 3.63) is 70.2 Å². The van der Waals surface area contributed by atoms with Gasteiger partial charge in [-0.2, -0.15) is 5.10 Å². The molecule has 1 aliphatic heterocycles. The van der Waals surface area contributed by atoms with Gasteiger partial charge in [-0.05, 0) is 43.5 Å². The molecule has 8 nitrogen and oxygen atoms in total. The number of aryl methyl sites for hydroxylation is 2. The number of amides is 1. The van der Waals surface area contributed by atoms with Crippen LogP contribution in [0.4, 0.5) is 10.1 Å². The first-order valence-corrected chi connectivity index (χ1v) is 11.6. The van der Waals surface area contributed by atoms with Gasteiger partial charge < -0.3 is 10.6 Å². The molecule has 178 valence electrons. The lowest BCUT2D eigenvalue weighted by molar-refractivity contribution is 0.0703. The highest BCUT2D eigenvalue weighted by atomic mass is 35.5. The summed E-state index contributed by atoms with van der Waals surface area (Å²) in [6.45, 7) is 10.1. The van der Waals surface area contributed by atoms with Crippen LogP contribution in [0.1, 0.15) is 28.9 Å². The van der Waals surface area contributed by atoms with E-state index in [1.165, 1.54) is 12.1 Å². The molecule has 0 radical (unpaired) electrons. The molecule has 0 spiro atoms. The molecule has 1 saturated heterocycles. The number of nitrogens with zero attached hydrogens (tertiary/aromatic N) is 6. The fourth-order valence-corrected chi connectivity index (χ4v) is 4.89. The number of benzene rings is 2. The van der Waals surface area contributed by atoms with Crippen LogP contribution in [0, 0.1) is 19.3 Å². The molecule has 4 aromatic rings. The predicted molar refractivity (Wildman–Crippen MR) is 132 cm³/mol. The standard InChI is InChI=1S/C25H23ClFN7O/c1-14-9-18(10-16-12-32(3)31-21(14)16)34-23(26)22(25(35)33-8-4-5-17(28)13-33)30-24(34)15-6-7-20(29-2)19(27)11-15/h6-7,9-12,17H,4-5,8,13,28H2,1,3H3/t17-/m1/s1. The fourth-order valence-electron chi connectivity index (χ4n) is 4.59. The number of likely N-dealkylation sites (tertiary alicyclic amines) is 1. The Morgan fingerprint density at radius 2 is 2.11 bits per heavy atom. The molecule has 2 aromatic heterocycles. The van der Waals surface area contributed by atoms with Gasteiger partial charge in [-0.25, -0.2) is 14.2 Å². The van der Waals surface area contributed by atoms with E-state index in [0.29, 0.717) is 30.2 Å². The van der Waals surface area contributed by atoms with Gasteiger partial charge in [-0.3, -0.25) is 14.0 Å². The SMILES string of the molecule is [C-]#[N+]c1ccc(-c2nc(C(=O)N3CCC[C@@H](N)C3)c(Cl)n2-c2cc(C)c3nn(C)cc3c2)cc1F. The second-order valence-corrected chi connectivity index (χ2v) is 9.20. The minimum absolute atomic E-state index is 0.0781. The first-order chi connectivity index (χ1) is 16.8. The average molecular weight is 492 g/mol. The summed E-state index contributed by atoms with van der Waals surface area (Å²) in [5.41, 5.74) is 8.90. The Labute approximate surface area is 206 Å². The Bertz CT molecular complexity index is 1520. The monoisotopic (exact) mass is 491 g/mol. The number of nitrogens with two attached hydrogens (primary N) is 1. The van der Waals surface area contributed by atoms with E-state index in [-0.39, 0.29) is 28.5 Å². The number of aromatic nitrogens is 4. The molecule has 5 rings (SSSR count). The molecule has 35 heavy (non-hydrogen) atoms. The Kier molecular flexibility index (Phi) is 5.79. The summed E-state index contributed by atoms with van der Waals surface area (Å²) >= 11 is 6.83. The van der Waals surface area contributed by atoms with Crippen LogP contribution in [-0.4, -0.2) is 49.3 Å². The summed E-state index contributed by atoms with van der Waals surface area (Å²) in [5.74, 6) is -0.683. The number of rotatable bonds is 3. The summed E-state index contributed by atoms with van der Waals surface area (Å²) in [7, 11) is 1.84. The maximum absolute atomic E-state index is 14.6. The number of hydrogen-bond donors (Lipinski definition) is 1. The van der Waals surface area contributed by atoms with Gasteiger partial charge in [0.1, 0.15) is 16.8 Å². The number of halogens is 2. The molecule has 0 saturated carbocycles. The lowest BCUT2D eigenvalue weighted by Gasteiger charge is -2.30. The van der Waals surface area contributed by atoms with E-state index in [0.717, 1.165) is 29.3 Å². The summed E-state index contributed by atoms with van der Waals surface area (Å²) in [4.78, 5) is 22.9. The molecule has 1 atom stereocenters. The maximum Gasteiger partial charge on any atom is 0.275 e. The minimum Gasteiger partial charge on any atom is -0.336 e. The maximum atomic E-state index is 14.6. The van der Waals surface area contributed by atoms with E-state index < -0.39 is 5.82 Å². The van der Waals surface area contributed by atoms with Gasteiger partial charge in [0, 0.05) is 49.0 Å². The fraction of sp³-hybridized carbons (Fsp3) is 0.280. The van der Waals surface area contributed by atoms with Crippen LogP contribution in [0.3, 0.4) is 0 Å². The van der Waals surface area contributed by atoms with Gasteiger partial charge in [0.25, 0.3) is 5.91 Å². The zero-order valence-corrected chi connectivity index (χ0v) is 20.1.